The van der Waals surface area contributed by atoms with Crippen LogP contribution in [0.15, 0.2) is 48.5 Å². The van der Waals surface area contributed by atoms with Gasteiger partial charge in [0.2, 0.25) is 0 Å². The third kappa shape index (κ3) is 4.68. The van der Waals surface area contributed by atoms with Crippen LogP contribution in [0.4, 0.5) is 0 Å². The zero-order chi connectivity index (χ0) is 17.7. The Morgan fingerprint density at radius 1 is 1.08 bits per heavy atom. The van der Waals surface area contributed by atoms with Gasteiger partial charge in [-0.1, -0.05) is 49.4 Å². The molecule has 0 radical (unpaired) electrons. The van der Waals surface area contributed by atoms with Gasteiger partial charge in [-0.05, 0) is 55.9 Å². The molecule has 2 aromatic carbocycles. The average Bonchev–Trinajstić information content (AvgIpc) is 2.53. The van der Waals surface area contributed by atoms with Crippen LogP contribution in [0.25, 0.3) is 11.1 Å². The third-order valence-electron chi connectivity index (χ3n) is 3.90. The van der Waals surface area contributed by atoms with Gasteiger partial charge in [-0.2, -0.15) is 0 Å². The van der Waals surface area contributed by atoms with Crippen molar-refractivity contribution in [1.29, 1.82) is 0 Å². The van der Waals surface area contributed by atoms with Crippen molar-refractivity contribution in [3.63, 3.8) is 0 Å². The summed E-state index contributed by atoms with van der Waals surface area (Å²) in [4.78, 5) is 12.5. The fraction of sp³-hybridized carbons (Fsp3) is 0.381. The van der Waals surface area contributed by atoms with Gasteiger partial charge < -0.3 is 9.84 Å². The maximum atomic E-state index is 12.5. The zero-order valence-corrected chi connectivity index (χ0v) is 14.9. The molecule has 2 rings (SSSR count). The normalized spacial score (nSPS) is 12.7. The van der Waals surface area contributed by atoms with Crippen LogP contribution in [0.2, 0.25) is 0 Å². The van der Waals surface area contributed by atoms with Crippen LogP contribution in [0.3, 0.4) is 0 Å². The molecule has 1 atom stereocenters. The van der Waals surface area contributed by atoms with Crippen molar-refractivity contribution in [2.75, 3.05) is 6.61 Å². The zero-order valence-electron chi connectivity index (χ0n) is 14.9. The Kier molecular flexibility index (Phi) is 5.79. The van der Waals surface area contributed by atoms with Gasteiger partial charge in [-0.15, -0.1) is 0 Å². The van der Waals surface area contributed by atoms with Gasteiger partial charge in [-0.25, -0.2) is 4.79 Å². The van der Waals surface area contributed by atoms with Crippen molar-refractivity contribution in [1.82, 2.24) is 0 Å². The third-order valence-corrected chi connectivity index (χ3v) is 3.90. The molecule has 1 N–H and O–H groups in total. The lowest BCUT2D eigenvalue weighted by Crippen LogP contribution is -2.24. The lowest BCUT2D eigenvalue weighted by atomic mass is 9.94. The molecule has 0 amide bonds. The Balaban J connectivity index is 2.31. The van der Waals surface area contributed by atoms with Gasteiger partial charge in [0, 0.05) is 6.61 Å². The number of esters is 1. The molecule has 1 unspecified atom stereocenters. The molecule has 3 heteroatoms. The summed E-state index contributed by atoms with van der Waals surface area (Å²) in [6.07, 6.45) is 0.744. The van der Waals surface area contributed by atoms with Crippen LogP contribution < -0.4 is 0 Å². The van der Waals surface area contributed by atoms with Gasteiger partial charge in [0.15, 0.2) is 0 Å². The molecule has 0 fully saturated rings. The molecule has 128 valence electrons. The Hall–Kier alpha value is -2.13. The first-order valence-electron chi connectivity index (χ1n) is 8.35. The molecule has 3 nitrogen and oxygen atoms in total. The molecule has 24 heavy (non-hydrogen) atoms. The topological polar surface area (TPSA) is 46.5 Å². The van der Waals surface area contributed by atoms with Crippen LogP contribution in [-0.4, -0.2) is 23.3 Å². The van der Waals surface area contributed by atoms with Crippen molar-refractivity contribution in [3.05, 3.63) is 59.7 Å². The quantitative estimate of drug-likeness (QED) is 0.803. The van der Waals surface area contributed by atoms with E-state index >= 15 is 0 Å². The van der Waals surface area contributed by atoms with Crippen LogP contribution in [0.5, 0.6) is 0 Å². The van der Waals surface area contributed by atoms with Crippen LogP contribution in [-0.2, 0) is 4.74 Å². The average molecular weight is 326 g/mol. The number of aliphatic hydroxyl groups is 1. The highest BCUT2D eigenvalue weighted by atomic mass is 16.6. The van der Waals surface area contributed by atoms with E-state index < -0.39 is 5.60 Å². The first-order valence-corrected chi connectivity index (χ1v) is 8.35. The molecular formula is C21H26O3. The van der Waals surface area contributed by atoms with E-state index in [0.717, 1.165) is 17.5 Å². The van der Waals surface area contributed by atoms with Gasteiger partial charge in [0.1, 0.15) is 5.60 Å². The Labute approximate surface area is 144 Å². The molecule has 0 spiro atoms. The molecule has 0 aromatic heterocycles. The summed E-state index contributed by atoms with van der Waals surface area (Å²) < 4.78 is 5.51. The summed E-state index contributed by atoms with van der Waals surface area (Å²) in [5.41, 5.74) is 3.09. The smallest absolute Gasteiger partial charge is 0.339 e. The second-order valence-electron chi connectivity index (χ2n) is 7.08. The minimum Gasteiger partial charge on any atom is -0.456 e. The standard InChI is InChI=1S/C21H26O3/c1-15(13-14-22)16-9-11-17(12-10-16)18-7-5-6-8-19(18)20(23)24-21(2,3)4/h5-12,15,22H,13-14H2,1-4H3. The molecule has 0 bridgehead atoms. The molecule has 0 saturated carbocycles. The minimum absolute atomic E-state index is 0.185. The fourth-order valence-electron chi connectivity index (χ4n) is 2.60. The minimum atomic E-state index is -0.520. The molecule has 0 heterocycles. The van der Waals surface area contributed by atoms with Crippen LogP contribution >= 0.6 is 0 Å². The molecule has 0 saturated heterocycles. The maximum absolute atomic E-state index is 12.5. The largest absolute Gasteiger partial charge is 0.456 e. The summed E-state index contributed by atoms with van der Waals surface area (Å²) in [6.45, 7) is 7.88. The van der Waals surface area contributed by atoms with Gasteiger partial charge >= 0.3 is 5.97 Å². The summed E-state index contributed by atoms with van der Waals surface area (Å²) in [7, 11) is 0. The number of aliphatic hydroxyl groups excluding tert-OH is 1. The number of hydrogen-bond donors (Lipinski definition) is 1. The summed E-state index contributed by atoms with van der Waals surface area (Å²) in [6, 6.07) is 15.7. The van der Waals surface area contributed by atoms with Crippen molar-refractivity contribution in [3.8, 4) is 11.1 Å². The second kappa shape index (κ2) is 7.63. The molecular weight excluding hydrogens is 300 g/mol. The van der Waals surface area contributed by atoms with Gasteiger partial charge in [0.05, 0.1) is 5.56 Å². The van der Waals surface area contributed by atoms with E-state index in [1.807, 2.05) is 51.1 Å². The van der Waals surface area contributed by atoms with Crippen molar-refractivity contribution in [2.24, 2.45) is 0 Å². The van der Waals surface area contributed by atoms with Crippen LogP contribution in [0, 0.1) is 0 Å². The predicted molar refractivity (Wildman–Crippen MR) is 97.2 cm³/mol. The number of hydrogen-bond acceptors (Lipinski definition) is 3. The molecule has 0 aliphatic rings. The van der Waals surface area contributed by atoms with E-state index in [4.69, 9.17) is 9.84 Å². The summed E-state index contributed by atoms with van der Waals surface area (Å²) in [5, 5.41) is 9.07. The highest BCUT2D eigenvalue weighted by molar-refractivity contribution is 5.97. The molecule has 0 aliphatic heterocycles. The second-order valence-corrected chi connectivity index (χ2v) is 7.08. The van der Waals surface area contributed by atoms with Gasteiger partial charge in [0.25, 0.3) is 0 Å². The van der Waals surface area contributed by atoms with Crippen LogP contribution in [0.1, 0.15) is 56.0 Å². The van der Waals surface area contributed by atoms with E-state index in [0.29, 0.717) is 11.5 Å². The van der Waals surface area contributed by atoms with E-state index in [9.17, 15) is 4.79 Å². The lowest BCUT2D eigenvalue weighted by molar-refractivity contribution is 0.00704. The summed E-state index contributed by atoms with van der Waals surface area (Å²) in [5.74, 6) is 0.000903. The summed E-state index contributed by atoms with van der Waals surface area (Å²) >= 11 is 0. The van der Waals surface area contributed by atoms with Crippen molar-refractivity contribution < 1.29 is 14.6 Å². The number of benzene rings is 2. The van der Waals surface area contributed by atoms with Gasteiger partial charge in [-0.3, -0.25) is 0 Å². The monoisotopic (exact) mass is 326 g/mol. The van der Waals surface area contributed by atoms with E-state index in [1.165, 1.54) is 5.56 Å². The van der Waals surface area contributed by atoms with Crippen molar-refractivity contribution in [2.45, 2.75) is 45.6 Å². The highest BCUT2D eigenvalue weighted by Gasteiger charge is 2.20. The molecule has 2 aromatic rings. The molecule has 0 aliphatic carbocycles. The number of carbonyl (C=O) groups is 1. The SMILES string of the molecule is CC(CCO)c1ccc(-c2ccccc2C(=O)OC(C)(C)C)cc1. The first-order chi connectivity index (χ1) is 11.3. The fourth-order valence-corrected chi connectivity index (χ4v) is 2.60. The Morgan fingerprint density at radius 2 is 1.71 bits per heavy atom. The predicted octanol–water partition coefficient (Wildman–Crippen LogP) is 4.79. The highest BCUT2D eigenvalue weighted by Crippen LogP contribution is 2.28. The maximum Gasteiger partial charge on any atom is 0.339 e. The van der Waals surface area contributed by atoms with E-state index in [1.54, 1.807) is 6.07 Å². The van der Waals surface area contributed by atoms with Crippen molar-refractivity contribution >= 4 is 5.97 Å². The lowest BCUT2D eigenvalue weighted by Gasteiger charge is -2.20. The number of ether oxygens (including phenoxy) is 1. The van der Waals surface area contributed by atoms with E-state index in [-0.39, 0.29) is 12.6 Å². The number of rotatable bonds is 5. The Morgan fingerprint density at radius 3 is 2.29 bits per heavy atom. The number of carbonyl (C=O) groups excluding carboxylic acids is 1. The van der Waals surface area contributed by atoms with E-state index in [2.05, 4.69) is 19.1 Å². The first kappa shape index (κ1) is 18.2. The Bertz CT molecular complexity index is 681.